The number of ether oxygens (including phenoxy) is 1. The minimum atomic E-state index is -1.24. The maximum Gasteiger partial charge on any atom is 0.325 e. The number of nitrogens with zero attached hydrogens (tertiary/aromatic N) is 2. The van der Waals surface area contributed by atoms with E-state index in [0.717, 1.165) is 9.78 Å². The van der Waals surface area contributed by atoms with Gasteiger partial charge in [-0.1, -0.05) is 24.3 Å². The lowest BCUT2D eigenvalue weighted by Gasteiger charge is -2.24. The second-order valence-electron chi connectivity index (χ2n) is 6.82. The van der Waals surface area contributed by atoms with Crippen LogP contribution in [0.15, 0.2) is 54.4 Å². The van der Waals surface area contributed by atoms with E-state index in [0.29, 0.717) is 24.4 Å². The van der Waals surface area contributed by atoms with Crippen LogP contribution in [0.25, 0.3) is 0 Å². The van der Waals surface area contributed by atoms with Crippen LogP contribution >= 0.6 is 11.3 Å². The van der Waals surface area contributed by atoms with Crippen LogP contribution in [0.1, 0.15) is 17.4 Å². The molecule has 1 aliphatic heterocycles. The largest absolute Gasteiger partial charge is 0.497 e. The van der Waals surface area contributed by atoms with E-state index in [9.17, 15) is 14.4 Å². The van der Waals surface area contributed by atoms with Crippen molar-refractivity contribution in [3.63, 3.8) is 0 Å². The van der Waals surface area contributed by atoms with Crippen LogP contribution in [-0.2, 0) is 21.7 Å². The molecule has 2 heterocycles. The smallest absolute Gasteiger partial charge is 0.325 e. The third kappa shape index (κ3) is 4.17. The van der Waals surface area contributed by atoms with Gasteiger partial charge in [-0.05, 0) is 36.1 Å². The van der Waals surface area contributed by atoms with Crippen molar-refractivity contribution in [2.45, 2.75) is 19.0 Å². The van der Waals surface area contributed by atoms with Gasteiger partial charge in [0.1, 0.15) is 17.8 Å². The van der Waals surface area contributed by atoms with Crippen LogP contribution in [0, 0.1) is 0 Å². The summed E-state index contributed by atoms with van der Waals surface area (Å²) in [6.07, 6.45) is 1.62. The summed E-state index contributed by atoms with van der Waals surface area (Å²) < 4.78 is 5.14. The molecule has 1 saturated heterocycles. The predicted molar refractivity (Wildman–Crippen MR) is 111 cm³/mol. The Balaban J connectivity index is 1.76. The molecule has 0 radical (unpaired) electrons. The monoisotopic (exact) mass is 413 g/mol. The minimum absolute atomic E-state index is 0.319. The predicted octanol–water partition coefficient (Wildman–Crippen LogP) is 2.74. The topological polar surface area (TPSA) is 79.0 Å². The number of methoxy groups -OCH3 is 1. The molecule has 0 bridgehead atoms. The average molecular weight is 413 g/mol. The fourth-order valence-electron chi connectivity index (χ4n) is 3.20. The van der Waals surface area contributed by atoms with Gasteiger partial charge in [-0.3, -0.25) is 14.5 Å². The van der Waals surface area contributed by atoms with Crippen molar-refractivity contribution in [3.8, 4) is 5.75 Å². The molecule has 0 aliphatic carbocycles. The van der Waals surface area contributed by atoms with Crippen molar-refractivity contribution in [3.05, 3.63) is 64.9 Å². The molecule has 1 fully saturated rings. The number of urea groups is 1. The van der Waals surface area contributed by atoms with Crippen molar-refractivity contribution in [2.75, 3.05) is 20.2 Å². The van der Waals surface area contributed by atoms with E-state index in [-0.39, 0.29) is 12.5 Å². The van der Waals surface area contributed by atoms with Crippen LogP contribution in [-0.4, -0.2) is 47.8 Å². The number of rotatable bonds is 8. The highest BCUT2D eigenvalue weighted by molar-refractivity contribution is 7.09. The maximum atomic E-state index is 13.0. The first-order valence-corrected chi connectivity index (χ1v) is 9.96. The highest BCUT2D eigenvalue weighted by Gasteiger charge is 2.49. The number of carbonyl (C=O) groups excluding carboxylic acids is 3. The molecular weight excluding hydrogens is 390 g/mol. The zero-order valence-electron chi connectivity index (χ0n) is 16.4. The molecule has 7 nitrogen and oxygen atoms in total. The van der Waals surface area contributed by atoms with Gasteiger partial charge >= 0.3 is 6.03 Å². The van der Waals surface area contributed by atoms with Crippen LogP contribution in [0.5, 0.6) is 5.75 Å². The van der Waals surface area contributed by atoms with Gasteiger partial charge < -0.3 is 15.0 Å². The summed E-state index contributed by atoms with van der Waals surface area (Å²) in [7, 11) is 1.55. The second-order valence-corrected chi connectivity index (χ2v) is 7.85. The molecule has 1 aromatic heterocycles. The zero-order valence-corrected chi connectivity index (χ0v) is 17.2. The molecule has 0 saturated carbocycles. The summed E-state index contributed by atoms with van der Waals surface area (Å²) in [4.78, 5) is 41.9. The number of nitrogens with one attached hydrogen (secondary N) is 1. The van der Waals surface area contributed by atoms with E-state index in [1.54, 1.807) is 60.6 Å². The Morgan fingerprint density at radius 3 is 2.62 bits per heavy atom. The maximum absolute atomic E-state index is 13.0. The summed E-state index contributed by atoms with van der Waals surface area (Å²) in [5.74, 6) is -0.133. The number of thiophene rings is 1. The SMILES string of the molecule is C=CCN(Cc1cccs1)C(=O)CN1C(=O)N[C@](C)(c2ccc(OC)cc2)C1=O. The number of benzene rings is 1. The molecule has 4 amide bonds. The molecule has 29 heavy (non-hydrogen) atoms. The summed E-state index contributed by atoms with van der Waals surface area (Å²) in [5.41, 5.74) is -0.617. The van der Waals surface area contributed by atoms with E-state index in [2.05, 4.69) is 11.9 Å². The first-order valence-electron chi connectivity index (χ1n) is 9.08. The average Bonchev–Trinajstić information content (AvgIpc) is 3.30. The number of hydrogen-bond acceptors (Lipinski definition) is 5. The summed E-state index contributed by atoms with van der Waals surface area (Å²) in [6.45, 7) is 5.73. The highest BCUT2D eigenvalue weighted by atomic mass is 32.1. The van der Waals surface area contributed by atoms with Crippen molar-refractivity contribution in [1.29, 1.82) is 0 Å². The third-order valence-corrected chi connectivity index (χ3v) is 5.73. The van der Waals surface area contributed by atoms with E-state index < -0.39 is 17.5 Å². The first-order chi connectivity index (χ1) is 13.9. The molecule has 1 aliphatic rings. The number of imide groups is 1. The molecule has 1 N–H and O–H groups in total. The van der Waals surface area contributed by atoms with E-state index in [1.807, 2.05) is 17.5 Å². The fraction of sp³-hybridized carbons (Fsp3) is 0.286. The van der Waals surface area contributed by atoms with E-state index in [4.69, 9.17) is 4.74 Å². The molecule has 2 aromatic rings. The number of carbonyl (C=O) groups is 3. The van der Waals surface area contributed by atoms with E-state index in [1.165, 1.54) is 0 Å². The van der Waals surface area contributed by atoms with Gasteiger partial charge in [-0.25, -0.2) is 4.79 Å². The summed E-state index contributed by atoms with van der Waals surface area (Å²) in [5, 5.41) is 4.65. The minimum Gasteiger partial charge on any atom is -0.497 e. The Morgan fingerprint density at radius 2 is 2.03 bits per heavy atom. The molecule has 1 atom stereocenters. The van der Waals surface area contributed by atoms with Crippen LogP contribution in [0.2, 0.25) is 0 Å². The Bertz CT molecular complexity index is 911. The number of amides is 4. The quantitative estimate of drug-likeness (QED) is 0.533. The standard InChI is InChI=1S/C21H23N3O4S/c1-4-11-23(13-17-6-5-12-29-17)18(25)14-24-19(26)21(2,22-20(24)27)15-7-9-16(28-3)10-8-15/h4-10,12H,1,11,13-14H2,2-3H3,(H,22,27)/t21-/m1/s1. The Hall–Kier alpha value is -3.13. The highest BCUT2D eigenvalue weighted by Crippen LogP contribution is 2.30. The van der Waals surface area contributed by atoms with Gasteiger partial charge in [-0.15, -0.1) is 17.9 Å². The zero-order chi connectivity index (χ0) is 21.0. The molecule has 0 spiro atoms. The van der Waals surface area contributed by atoms with Gasteiger partial charge in [-0.2, -0.15) is 0 Å². The van der Waals surface area contributed by atoms with Gasteiger partial charge in [0.2, 0.25) is 5.91 Å². The van der Waals surface area contributed by atoms with Crippen molar-refractivity contribution in [1.82, 2.24) is 15.1 Å². The second kappa shape index (κ2) is 8.48. The Morgan fingerprint density at radius 1 is 1.31 bits per heavy atom. The van der Waals surface area contributed by atoms with Gasteiger partial charge in [0.05, 0.1) is 13.7 Å². The first kappa shape index (κ1) is 20.6. The van der Waals surface area contributed by atoms with E-state index >= 15 is 0 Å². The van der Waals surface area contributed by atoms with Gasteiger partial charge in [0, 0.05) is 11.4 Å². The van der Waals surface area contributed by atoms with Crippen LogP contribution in [0.4, 0.5) is 4.79 Å². The van der Waals surface area contributed by atoms with Gasteiger partial charge in [0.25, 0.3) is 5.91 Å². The third-order valence-electron chi connectivity index (χ3n) is 4.86. The molecule has 1 aromatic carbocycles. The normalized spacial score (nSPS) is 18.5. The summed E-state index contributed by atoms with van der Waals surface area (Å²) in [6, 6.07) is 10.2. The Kier molecular flexibility index (Phi) is 6.03. The summed E-state index contributed by atoms with van der Waals surface area (Å²) >= 11 is 1.54. The van der Waals surface area contributed by atoms with Gasteiger partial charge in [0.15, 0.2) is 0 Å². The molecule has 8 heteroatoms. The fourth-order valence-corrected chi connectivity index (χ4v) is 3.92. The van der Waals surface area contributed by atoms with Crippen molar-refractivity contribution < 1.29 is 19.1 Å². The molecule has 0 unspecified atom stereocenters. The lowest BCUT2D eigenvalue weighted by atomic mass is 9.92. The molecule has 152 valence electrons. The van der Waals surface area contributed by atoms with Crippen molar-refractivity contribution >= 4 is 29.2 Å². The molecule has 3 rings (SSSR count). The number of hydrogen-bond donors (Lipinski definition) is 1. The Labute approximate surface area is 173 Å². The lowest BCUT2D eigenvalue weighted by molar-refractivity contribution is -0.138. The van der Waals surface area contributed by atoms with Crippen LogP contribution < -0.4 is 10.1 Å². The van der Waals surface area contributed by atoms with Crippen molar-refractivity contribution in [2.24, 2.45) is 0 Å². The van der Waals surface area contributed by atoms with Crippen LogP contribution in [0.3, 0.4) is 0 Å². The molecular formula is C21H23N3O4S. The lowest BCUT2D eigenvalue weighted by Crippen LogP contribution is -2.44.